The Morgan fingerprint density at radius 1 is 0.970 bits per heavy atom. The Balaban J connectivity index is 1.88. The molecule has 2 atom stereocenters. The van der Waals surface area contributed by atoms with Crippen LogP contribution in [0.1, 0.15) is 25.7 Å². The molecule has 1 heterocycles. The number of rotatable bonds is 8. The highest BCUT2D eigenvalue weighted by Gasteiger charge is 2.24. The van der Waals surface area contributed by atoms with Crippen LogP contribution >= 0.6 is 0 Å². The van der Waals surface area contributed by atoms with Crippen molar-refractivity contribution in [1.29, 1.82) is 0 Å². The van der Waals surface area contributed by atoms with Gasteiger partial charge < -0.3 is 16.4 Å². The van der Waals surface area contributed by atoms with E-state index in [0.717, 1.165) is 24.6 Å². The molecule has 2 aromatic rings. The van der Waals surface area contributed by atoms with Gasteiger partial charge in [0.05, 0.1) is 10.6 Å². The van der Waals surface area contributed by atoms with Crippen LogP contribution in [-0.2, 0) is 31.1 Å². The molecule has 0 amide bonds. The number of thiol groups is 1. The summed E-state index contributed by atoms with van der Waals surface area (Å²) < 4.78 is 89.2. The van der Waals surface area contributed by atoms with E-state index >= 15 is 0 Å². The minimum atomic E-state index is -4.79. The van der Waals surface area contributed by atoms with E-state index in [9.17, 15) is 34.4 Å². The lowest BCUT2D eigenvalue weighted by atomic mass is 9.92. The van der Waals surface area contributed by atoms with E-state index in [4.69, 9.17) is 5.73 Å². The van der Waals surface area contributed by atoms with Crippen molar-refractivity contribution in [3.63, 3.8) is 0 Å². The summed E-state index contributed by atoms with van der Waals surface area (Å²) in [7, 11) is -12.2. The molecule has 0 spiro atoms. The lowest BCUT2D eigenvalue weighted by molar-refractivity contribution is 0.387. The van der Waals surface area contributed by atoms with Gasteiger partial charge in [-0.25, -0.2) is 13.1 Å². The van der Waals surface area contributed by atoms with Crippen molar-refractivity contribution in [2.24, 2.45) is 0 Å². The number of hydrogen-bond acceptors (Lipinski definition) is 12. The fraction of sp³-hybridized carbons (Fsp3) is 0.400. The van der Waals surface area contributed by atoms with Crippen LogP contribution < -0.4 is 21.1 Å². The highest BCUT2D eigenvalue weighted by molar-refractivity contribution is 7.86. The molecule has 1 aromatic carbocycles. The summed E-state index contributed by atoms with van der Waals surface area (Å²) in [5.41, 5.74) is 5.26. The molecular weight excluding hydrogens is 502 g/mol. The zero-order chi connectivity index (χ0) is 24.4. The van der Waals surface area contributed by atoms with E-state index in [1.165, 1.54) is 0 Å². The van der Waals surface area contributed by atoms with Gasteiger partial charge in [-0.05, 0) is 43.9 Å². The van der Waals surface area contributed by atoms with E-state index in [1.54, 1.807) is 0 Å². The molecular formula is C15H21N7O8S3. The van der Waals surface area contributed by atoms with Crippen LogP contribution in [0.15, 0.2) is 28.0 Å². The summed E-state index contributed by atoms with van der Waals surface area (Å²) >= 11 is 0. The molecule has 15 nitrogen and oxygen atoms in total. The van der Waals surface area contributed by atoms with E-state index in [-0.39, 0.29) is 29.9 Å². The third-order valence-electron chi connectivity index (χ3n) is 4.72. The third kappa shape index (κ3) is 6.92. The van der Waals surface area contributed by atoms with Crippen LogP contribution in [0, 0.1) is 0 Å². The van der Waals surface area contributed by atoms with Gasteiger partial charge in [0, 0.05) is 12.1 Å². The minimum absolute atomic E-state index is 0.00139. The fourth-order valence-electron chi connectivity index (χ4n) is 3.40. The Bertz CT molecular complexity index is 1320. The molecule has 0 aliphatic heterocycles. The average molecular weight is 524 g/mol. The molecule has 182 valence electrons. The molecule has 33 heavy (non-hydrogen) atoms. The van der Waals surface area contributed by atoms with Crippen LogP contribution in [0.3, 0.4) is 0 Å². The Hall–Kier alpha value is -2.64. The Labute approximate surface area is 190 Å². The van der Waals surface area contributed by atoms with E-state index in [1.807, 2.05) is 0 Å². The van der Waals surface area contributed by atoms with E-state index in [0.29, 0.717) is 19.3 Å². The van der Waals surface area contributed by atoms with Gasteiger partial charge >= 0.3 is 0 Å². The van der Waals surface area contributed by atoms with Crippen LogP contribution in [-0.4, -0.2) is 61.4 Å². The summed E-state index contributed by atoms with van der Waals surface area (Å²) in [4.78, 5) is 10.5. The summed E-state index contributed by atoms with van der Waals surface area (Å²) in [6.07, 6.45) is 2.58. The first kappa shape index (κ1) is 25.0. The van der Waals surface area contributed by atoms with Crippen molar-refractivity contribution in [1.82, 2.24) is 19.7 Å². The van der Waals surface area contributed by atoms with Gasteiger partial charge in [0.2, 0.25) is 28.7 Å². The maximum atomic E-state index is 11.7. The summed E-state index contributed by atoms with van der Waals surface area (Å²) in [6, 6.07) is 1.89. The normalized spacial score (nSPS) is 19.4. The second-order valence-electron chi connectivity index (χ2n) is 7.16. The maximum absolute atomic E-state index is 11.7. The quantitative estimate of drug-likeness (QED) is 0.171. The highest BCUT2D eigenvalue weighted by Crippen LogP contribution is 2.28. The SMILES string of the molecule is Nc1nc(Nc2cc(S(=O)(=O)O)ccc2S(=O)(=O)O)nc(NC2CCCC(N[SH](=O)=O)C2)n1. The van der Waals surface area contributed by atoms with Gasteiger partial charge in [0.25, 0.3) is 20.2 Å². The first-order valence-electron chi connectivity index (χ1n) is 9.36. The van der Waals surface area contributed by atoms with Crippen LogP contribution in [0.2, 0.25) is 0 Å². The summed E-state index contributed by atoms with van der Waals surface area (Å²) in [6.45, 7) is 0. The first-order valence-corrected chi connectivity index (χ1v) is 13.4. The summed E-state index contributed by atoms with van der Waals surface area (Å²) in [5, 5.41) is 5.46. The smallest absolute Gasteiger partial charge is 0.296 e. The molecule has 1 aliphatic rings. The predicted molar refractivity (Wildman–Crippen MR) is 117 cm³/mol. The van der Waals surface area contributed by atoms with Crippen molar-refractivity contribution in [2.75, 3.05) is 16.4 Å². The lowest BCUT2D eigenvalue weighted by Gasteiger charge is -2.28. The fourth-order valence-corrected chi connectivity index (χ4v) is 5.06. The molecule has 18 heteroatoms. The molecule has 1 aliphatic carbocycles. The minimum Gasteiger partial charge on any atom is -0.368 e. The van der Waals surface area contributed by atoms with Gasteiger partial charge in [0.1, 0.15) is 4.90 Å². The van der Waals surface area contributed by atoms with Crippen molar-refractivity contribution >= 4 is 54.7 Å². The van der Waals surface area contributed by atoms with Crippen LogP contribution in [0.5, 0.6) is 0 Å². The number of nitrogens with zero attached hydrogens (tertiary/aromatic N) is 3. The second-order valence-corrected chi connectivity index (χ2v) is 10.7. The van der Waals surface area contributed by atoms with Crippen molar-refractivity contribution in [3.05, 3.63) is 18.2 Å². The topological polar surface area (TPSA) is 244 Å². The number of anilines is 4. The Morgan fingerprint density at radius 3 is 2.27 bits per heavy atom. The molecule has 3 rings (SSSR count). The molecule has 0 saturated heterocycles. The molecule has 0 radical (unpaired) electrons. The van der Waals surface area contributed by atoms with Gasteiger partial charge in [-0.1, -0.05) is 0 Å². The van der Waals surface area contributed by atoms with Crippen molar-refractivity contribution in [2.45, 2.75) is 47.6 Å². The summed E-state index contributed by atoms with van der Waals surface area (Å²) in [5.74, 6) is -0.542. The zero-order valence-electron chi connectivity index (χ0n) is 16.7. The number of nitrogens with two attached hydrogens (primary N) is 1. The van der Waals surface area contributed by atoms with Crippen molar-refractivity contribution in [3.8, 4) is 0 Å². The monoisotopic (exact) mass is 523 g/mol. The zero-order valence-corrected chi connectivity index (χ0v) is 19.3. The number of nitrogens with one attached hydrogen (secondary N) is 3. The first-order chi connectivity index (χ1) is 15.3. The van der Waals surface area contributed by atoms with Gasteiger partial charge in [-0.2, -0.15) is 31.8 Å². The standard InChI is InChI=1S/C15H21N7O8S3/c16-13-19-14(17-8-2-1-3-9(6-8)22-31(23)24)21-15(20-13)18-11-7-10(32(25,26)27)4-5-12(11)33(28,29)30/h4-5,7-9,31H,1-3,6H2,(H,22,23,24)(H,25,26,27)(H,28,29,30)(H4,16,17,18,19,20,21). The van der Waals surface area contributed by atoms with Crippen LogP contribution in [0.25, 0.3) is 0 Å². The highest BCUT2D eigenvalue weighted by atomic mass is 32.2. The Morgan fingerprint density at radius 2 is 1.64 bits per heavy atom. The van der Waals surface area contributed by atoms with Crippen LogP contribution in [0.4, 0.5) is 23.5 Å². The number of hydrogen-bond donors (Lipinski definition) is 7. The molecule has 0 bridgehead atoms. The molecule has 1 fully saturated rings. The third-order valence-corrected chi connectivity index (χ3v) is 7.06. The van der Waals surface area contributed by atoms with Gasteiger partial charge in [0.15, 0.2) is 0 Å². The van der Waals surface area contributed by atoms with Crippen molar-refractivity contribution < 1.29 is 34.4 Å². The number of nitrogen functional groups attached to an aromatic ring is 1. The van der Waals surface area contributed by atoms with E-state index < -0.39 is 46.6 Å². The molecule has 1 aromatic heterocycles. The lowest BCUT2D eigenvalue weighted by Crippen LogP contribution is -2.38. The molecule has 2 unspecified atom stereocenters. The van der Waals surface area contributed by atoms with E-state index in [2.05, 4.69) is 30.3 Å². The maximum Gasteiger partial charge on any atom is 0.296 e. The molecule has 1 saturated carbocycles. The average Bonchev–Trinajstić information content (AvgIpc) is 2.65. The second kappa shape index (κ2) is 9.69. The largest absolute Gasteiger partial charge is 0.368 e. The predicted octanol–water partition coefficient (Wildman–Crippen LogP) is -0.470. The number of benzene rings is 1. The Kier molecular flexibility index (Phi) is 7.34. The molecule has 7 N–H and O–H groups in total. The number of aromatic nitrogens is 3. The van der Waals surface area contributed by atoms with Gasteiger partial charge in [-0.15, -0.1) is 0 Å². The van der Waals surface area contributed by atoms with Gasteiger partial charge in [-0.3, -0.25) is 9.11 Å².